The van der Waals surface area contributed by atoms with Crippen molar-refractivity contribution in [2.45, 2.75) is 6.42 Å². The van der Waals surface area contributed by atoms with Crippen LogP contribution in [0.15, 0.2) is 28.7 Å². The van der Waals surface area contributed by atoms with Crippen molar-refractivity contribution < 1.29 is 9.53 Å². The zero-order chi connectivity index (χ0) is 15.7. The number of benzene rings is 1. The first-order valence-electron chi connectivity index (χ1n) is 6.56. The molecule has 0 radical (unpaired) electrons. The third-order valence-corrected chi connectivity index (χ3v) is 3.51. The molecule has 3 N–H and O–H groups in total. The summed E-state index contributed by atoms with van der Waals surface area (Å²) in [5, 5.41) is 2.86. The minimum Gasteiger partial charge on any atom is -0.393 e. The van der Waals surface area contributed by atoms with Crippen LogP contribution in [-0.2, 0) is 9.53 Å². The summed E-state index contributed by atoms with van der Waals surface area (Å²) in [4.78, 5) is 14.5. The molecule has 0 unspecified atom stereocenters. The molecule has 1 aromatic rings. The van der Waals surface area contributed by atoms with Crippen molar-refractivity contribution in [2.24, 2.45) is 5.73 Å². The zero-order valence-electron chi connectivity index (χ0n) is 12.0. The normalized spacial score (nSPS) is 10.6. The van der Waals surface area contributed by atoms with Gasteiger partial charge in [0.25, 0.3) is 0 Å². The highest BCUT2D eigenvalue weighted by molar-refractivity contribution is 9.10. The van der Waals surface area contributed by atoms with Crippen LogP contribution in [0.25, 0.3) is 0 Å². The fourth-order valence-corrected chi connectivity index (χ4v) is 2.05. The first-order chi connectivity index (χ1) is 10.0. The van der Waals surface area contributed by atoms with E-state index in [1.165, 1.54) is 0 Å². The summed E-state index contributed by atoms with van der Waals surface area (Å²) in [6.45, 7) is 2.14. The summed E-state index contributed by atoms with van der Waals surface area (Å²) >= 11 is 8.23. The number of hydrogen-bond acceptors (Lipinski definition) is 4. The fraction of sp³-hybridized carbons (Fsp3) is 0.429. The number of carbonyl (C=O) groups excluding carboxylic acids is 1. The van der Waals surface area contributed by atoms with Crippen LogP contribution in [0.1, 0.15) is 6.42 Å². The standard InChI is InChI=1S/C14H20BrN3O2S/c1-20-9-8-18(7-6-13(16)21)10-14(19)17-12-4-2-11(15)3-5-12/h2-5H,6-10H2,1H3,(H2,16,21)(H,17,19). The van der Waals surface area contributed by atoms with Crippen LogP contribution in [0.4, 0.5) is 5.69 Å². The maximum Gasteiger partial charge on any atom is 0.238 e. The topological polar surface area (TPSA) is 67.6 Å². The van der Waals surface area contributed by atoms with E-state index in [2.05, 4.69) is 21.2 Å². The van der Waals surface area contributed by atoms with Crippen molar-refractivity contribution in [3.05, 3.63) is 28.7 Å². The number of anilines is 1. The predicted octanol–water partition coefficient (Wildman–Crippen LogP) is 2.01. The third-order valence-electron chi connectivity index (χ3n) is 2.78. The van der Waals surface area contributed by atoms with Gasteiger partial charge < -0.3 is 15.8 Å². The summed E-state index contributed by atoms with van der Waals surface area (Å²) in [5.74, 6) is -0.0728. The molecule has 0 saturated heterocycles. The molecule has 1 amide bonds. The molecule has 0 heterocycles. The van der Waals surface area contributed by atoms with Gasteiger partial charge in [-0.3, -0.25) is 9.69 Å². The fourth-order valence-electron chi connectivity index (χ4n) is 1.70. The van der Waals surface area contributed by atoms with Gasteiger partial charge in [0, 0.05) is 36.8 Å². The van der Waals surface area contributed by atoms with Crippen LogP contribution < -0.4 is 11.1 Å². The van der Waals surface area contributed by atoms with Gasteiger partial charge in [-0.05, 0) is 24.3 Å². The highest BCUT2D eigenvalue weighted by Crippen LogP contribution is 2.14. The molecule has 0 saturated carbocycles. The van der Waals surface area contributed by atoms with Gasteiger partial charge in [0.2, 0.25) is 5.91 Å². The maximum absolute atomic E-state index is 12.0. The molecule has 7 heteroatoms. The Morgan fingerprint density at radius 3 is 2.62 bits per heavy atom. The maximum atomic E-state index is 12.0. The van der Waals surface area contributed by atoms with Crippen LogP contribution in [0.2, 0.25) is 0 Å². The molecule has 0 aliphatic carbocycles. The minimum absolute atomic E-state index is 0.0728. The molecule has 0 aliphatic heterocycles. The lowest BCUT2D eigenvalue weighted by Gasteiger charge is -2.21. The number of ether oxygens (including phenoxy) is 1. The number of hydrogen-bond donors (Lipinski definition) is 2. The van der Waals surface area contributed by atoms with E-state index >= 15 is 0 Å². The van der Waals surface area contributed by atoms with E-state index in [0.29, 0.717) is 31.1 Å². The SMILES string of the molecule is COCCN(CCC(N)=S)CC(=O)Nc1ccc(Br)cc1. The number of halogens is 1. The Hall–Kier alpha value is -1.02. The van der Waals surface area contributed by atoms with Crippen LogP contribution in [0.5, 0.6) is 0 Å². The van der Waals surface area contributed by atoms with Gasteiger partial charge in [-0.2, -0.15) is 0 Å². The molecular formula is C14H20BrN3O2S. The number of carbonyl (C=O) groups is 1. The van der Waals surface area contributed by atoms with Crippen molar-refractivity contribution in [1.29, 1.82) is 0 Å². The molecule has 1 aromatic carbocycles. The van der Waals surface area contributed by atoms with Gasteiger partial charge in [0.1, 0.15) is 0 Å². The molecule has 0 aromatic heterocycles. The van der Waals surface area contributed by atoms with E-state index in [-0.39, 0.29) is 12.5 Å². The third kappa shape index (κ3) is 8.11. The molecule has 5 nitrogen and oxygen atoms in total. The lowest BCUT2D eigenvalue weighted by molar-refractivity contribution is -0.117. The van der Waals surface area contributed by atoms with Gasteiger partial charge in [-0.25, -0.2) is 0 Å². The second kappa shape index (κ2) is 9.83. The lowest BCUT2D eigenvalue weighted by atomic mass is 10.3. The van der Waals surface area contributed by atoms with Gasteiger partial charge in [0.05, 0.1) is 18.1 Å². The van der Waals surface area contributed by atoms with Gasteiger partial charge >= 0.3 is 0 Å². The van der Waals surface area contributed by atoms with E-state index in [4.69, 9.17) is 22.7 Å². The second-order valence-electron chi connectivity index (χ2n) is 4.54. The Morgan fingerprint density at radius 1 is 1.38 bits per heavy atom. The molecule has 0 atom stereocenters. The summed E-state index contributed by atoms with van der Waals surface area (Å²) in [6, 6.07) is 7.45. The minimum atomic E-state index is -0.0728. The van der Waals surface area contributed by atoms with Crippen molar-refractivity contribution in [3.63, 3.8) is 0 Å². The van der Waals surface area contributed by atoms with Gasteiger partial charge in [-0.15, -0.1) is 0 Å². The first kappa shape index (κ1) is 18.0. The Balaban J connectivity index is 2.49. The predicted molar refractivity (Wildman–Crippen MR) is 92.5 cm³/mol. The van der Waals surface area contributed by atoms with Crippen LogP contribution in [-0.4, -0.2) is 49.1 Å². The molecule has 0 spiro atoms. The van der Waals surface area contributed by atoms with Crippen LogP contribution in [0.3, 0.4) is 0 Å². The van der Waals surface area contributed by atoms with E-state index < -0.39 is 0 Å². The molecule has 1 rings (SSSR count). The van der Waals surface area contributed by atoms with Crippen molar-refractivity contribution in [2.75, 3.05) is 38.7 Å². The molecule has 21 heavy (non-hydrogen) atoms. The largest absolute Gasteiger partial charge is 0.393 e. The average Bonchev–Trinajstić information content (AvgIpc) is 2.44. The number of nitrogens with zero attached hydrogens (tertiary/aromatic N) is 1. The quantitative estimate of drug-likeness (QED) is 0.648. The Kier molecular flexibility index (Phi) is 8.44. The number of amides is 1. The summed E-state index contributed by atoms with van der Waals surface area (Å²) in [6.07, 6.45) is 0.588. The monoisotopic (exact) mass is 373 g/mol. The Labute approximate surface area is 139 Å². The molecule has 0 fully saturated rings. The molecular weight excluding hydrogens is 354 g/mol. The number of nitrogens with two attached hydrogens (primary N) is 1. The number of methoxy groups -OCH3 is 1. The van der Waals surface area contributed by atoms with E-state index in [1.807, 2.05) is 29.2 Å². The lowest BCUT2D eigenvalue weighted by Crippen LogP contribution is -2.37. The van der Waals surface area contributed by atoms with Crippen LogP contribution in [0, 0.1) is 0 Å². The molecule has 116 valence electrons. The van der Waals surface area contributed by atoms with E-state index in [9.17, 15) is 4.79 Å². The van der Waals surface area contributed by atoms with Crippen molar-refractivity contribution in [3.8, 4) is 0 Å². The Morgan fingerprint density at radius 2 is 2.05 bits per heavy atom. The smallest absolute Gasteiger partial charge is 0.238 e. The highest BCUT2D eigenvalue weighted by atomic mass is 79.9. The summed E-state index contributed by atoms with van der Waals surface area (Å²) in [7, 11) is 1.63. The zero-order valence-corrected chi connectivity index (χ0v) is 14.4. The van der Waals surface area contributed by atoms with E-state index in [0.717, 1.165) is 10.2 Å². The first-order valence-corrected chi connectivity index (χ1v) is 7.76. The van der Waals surface area contributed by atoms with Gasteiger partial charge in [-0.1, -0.05) is 28.1 Å². The summed E-state index contributed by atoms with van der Waals surface area (Å²) < 4.78 is 6.02. The summed E-state index contributed by atoms with van der Waals surface area (Å²) in [5.41, 5.74) is 6.27. The Bertz CT molecular complexity index is 468. The van der Waals surface area contributed by atoms with Crippen molar-refractivity contribution in [1.82, 2.24) is 4.90 Å². The van der Waals surface area contributed by atoms with Gasteiger partial charge in [0.15, 0.2) is 0 Å². The highest BCUT2D eigenvalue weighted by Gasteiger charge is 2.11. The van der Waals surface area contributed by atoms with E-state index in [1.54, 1.807) is 7.11 Å². The van der Waals surface area contributed by atoms with Crippen molar-refractivity contribution >= 4 is 44.7 Å². The van der Waals surface area contributed by atoms with Crippen LogP contribution >= 0.6 is 28.1 Å². The number of thiocarbonyl (C=S) groups is 1. The number of nitrogens with one attached hydrogen (secondary N) is 1. The second-order valence-corrected chi connectivity index (χ2v) is 5.98. The molecule has 0 bridgehead atoms. The molecule has 0 aliphatic rings. The average molecular weight is 374 g/mol. The number of rotatable bonds is 9.